The first-order valence-corrected chi connectivity index (χ1v) is 5.84. The largest absolute Gasteiger partial charge is 0.383 e. The van der Waals surface area contributed by atoms with Gasteiger partial charge >= 0.3 is 0 Å². The maximum atomic E-state index is 11.6. The van der Waals surface area contributed by atoms with Crippen LogP contribution in [0.25, 0.3) is 0 Å². The molecule has 0 aromatic carbocycles. The number of ether oxygens (including phenoxy) is 2. The van der Waals surface area contributed by atoms with E-state index in [1.165, 1.54) is 0 Å². The van der Waals surface area contributed by atoms with Crippen molar-refractivity contribution in [2.75, 3.05) is 33.5 Å². The van der Waals surface area contributed by atoms with Gasteiger partial charge in [-0.25, -0.2) is 0 Å². The second kappa shape index (κ2) is 7.60. The second-order valence-corrected chi connectivity index (χ2v) is 4.09. The fourth-order valence-corrected chi connectivity index (χ4v) is 1.73. The zero-order chi connectivity index (χ0) is 11.8. The molecule has 1 fully saturated rings. The lowest BCUT2D eigenvalue weighted by atomic mass is 10.1. The van der Waals surface area contributed by atoms with Gasteiger partial charge in [0.1, 0.15) is 0 Å². The quantitative estimate of drug-likeness (QED) is 0.626. The Morgan fingerprint density at radius 2 is 2.44 bits per heavy atom. The van der Waals surface area contributed by atoms with Gasteiger partial charge in [-0.1, -0.05) is 0 Å². The second-order valence-electron chi connectivity index (χ2n) is 4.09. The van der Waals surface area contributed by atoms with E-state index in [1.54, 1.807) is 7.11 Å². The van der Waals surface area contributed by atoms with Crippen molar-refractivity contribution in [2.45, 2.75) is 31.8 Å². The van der Waals surface area contributed by atoms with Crippen LogP contribution in [0.3, 0.4) is 0 Å². The van der Waals surface area contributed by atoms with Gasteiger partial charge in [-0.2, -0.15) is 0 Å². The van der Waals surface area contributed by atoms with E-state index in [0.717, 1.165) is 19.4 Å². The molecule has 1 aliphatic heterocycles. The maximum Gasteiger partial charge on any atom is 0.236 e. The van der Waals surface area contributed by atoms with Crippen molar-refractivity contribution >= 4 is 5.91 Å². The van der Waals surface area contributed by atoms with Crippen LogP contribution in [0.1, 0.15) is 19.8 Å². The van der Waals surface area contributed by atoms with Crippen LogP contribution in [-0.2, 0) is 14.3 Å². The lowest BCUT2D eigenvalue weighted by Crippen LogP contribution is -2.49. The molecule has 2 atom stereocenters. The summed E-state index contributed by atoms with van der Waals surface area (Å²) < 4.78 is 10.2. The first kappa shape index (κ1) is 13.4. The van der Waals surface area contributed by atoms with Crippen LogP contribution in [0.2, 0.25) is 0 Å². The molecule has 16 heavy (non-hydrogen) atoms. The highest BCUT2D eigenvalue weighted by Gasteiger charge is 2.19. The molecule has 1 heterocycles. The molecule has 0 bridgehead atoms. The van der Waals surface area contributed by atoms with E-state index < -0.39 is 0 Å². The van der Waals surface area contributed by atoms with E-state index in [0.29, 0.717) is 25.8 Å². The monoisotopic (exact) mass is 230 g/mol. The maximum absolute atomic E-state index is 11.6. The van der Waals surface area contributed by atoms with E-state index in [-0.39, 0.29) is 11.9 Å². The third-order valence-electron chi connectivity index (χ3n) is 2.64. The molecule has 0 aromatic heterocycles. The van der Waals surface area contributed by atoms with E-state index in [1.807, 2.05) is 6.92 Å². The Hall–Kier alpha value is -0.650. The molecule has 2 unspecified atom stereocenters. The fraction of sp³-hybridized carbons (Fsp3) is 0.909. The molecule has 0 aromatic rings. The molecular weight excluding hydrogens is 208 g/mol. The SMILES string of the molecule is COCCNC(=O)C(C)NC1CCCOC1. The number of carbonyl (C=O) groups excluding carboxylic acids is 1. The summed E-state index contributed by atoms with van der Waals surface area (Å²) in [5.74, 6) is 0.0163. The van der Waals surface area contributed by atoms with Gasteiger partial charge in [0.2, 0.25) is 5.91 Å². The molecule has 0 spiro atoms. The highest BCUT2D eigenvalue weighted by Crippen LogP contribution is 2.06. The van der Waals surface area contributed by atoms with Gasteiger partial charge in [-0.15, -0.1) is 0 Å². The molecule has 1 amide bonds. The molecule has 0 saturated carbocycles. The summed E-state index contributed by atoms with van der Waals surface area (Å²) in [4.78, 5) is 11.6. The fourth-order valence-electron chi connectivity index (χ4n) is 1.73. The van der Waals surface area contributed by atoms with Crippen LogP contribution in [-0.4, -0.2) is 51.5 Å². The van der Waals surface area contributed by atoms with Crippen molar-refractivity contribution in [3.05, 3.63) is 0 Å². The van der Waals surface area contributed by atoms with Crippen molar-refractivity contribution in [2.24, 2.45) is 0 Å². The van der Waals surface area contributed by atoms with Crippen LogP contribution in [0.15, 0.2) is 0 Å². The third kappa shape index (κ3) is 4.92. The minimum atomic E-state index is -0.177. The summed E-state index contributed by atoms with van der Waals surface area (Å²) >= 11 is 0. The van der Waals surface area contributed by atoms with Gasteiger partial charge in [0.15, 0.2) is 0 Å². The third-order valence-corrected chi connectivity index (χ3v) is 2.64. The van der Waals surface area contributed by atoms with Gasteiger partial charge in [0.25, 0.3) is 0 Å². The van der Waals surface area contributed by atoms with E-state index in [9.17, 15) is 4.79 Å². The summed E-state index contributed by atoms with van der Waals surface area (Å²) in [6.45, 7) is 4.52. The molecule has 5 nitrogen and oxygen atoms in total. The predicted molar refractivity (Wildman–Crippen MR) is 61.3 cm³/mol. The first-order chi connectivity index (χ1) is 7.74. The smallest absolute Gasteiger partial charge is 0.236 e. The topological polar surface area (TPSA) is 59.6 Å². The highest BCUT2D eigenvalue weighted by atomic mass is 16.5. The zero-order valence-electron chi connectivity index (χ0n) is 10.1. The average molecular weight is 230 g/mol. The van der Waals surface area contributed by atoms with E-state index in [4.69, 9.17) is 9.47 Å². The standard InChI is InChI=1S/C11H22N2O3/c1-9(11(14)12-5-7-15-2)13-10-4-3-6-16-8-10/h9-10,13H,3-8H2,1-2H3,(H,12,14). The summed E-state index contributed by atoms with van der Waals surface area (Å²) in [6.07, 6.45) is 2.14. The number of nitrogens with one attached hydrogen (secondary N) is 2. The lowest BCUT2D eigenvalue weighted by molar-refractivity contribution is -0.123. The first-order valence-electron chi connectivity index (χ1n) is 5.84. The van der Waals surface area contributed by atoms with Gasteiger partial charge in [0, 0.05) is 26.3 Å². The Labute approximate surface area is 96.9 Å². The van der Waals surface area contributed by atoms with Crippen LogP contribution < -0.4 is 10.6 Å². The summed E-state index contributed by atoms with van der Waals surface area (Å²) in [5, 5.41) is 6.07. The molecule has 1 rings (SSSR count). The molecule has 94 valence electrons. The highest BCUT2D eigenvalue weighted by molar-refractivity contribution is 5.81. The minimum absolute atomic E-state index is 0.0163. The van der Waals surface area contributed by atoms with Gasteiger partial charge < -0.3 is 20.1 Å². The summed E-state index contributed by atoms with van der Waals surface area (Å²) in [7, 11) is 1.62. The Morgan fingerprint density at radius 3 is 3.06 bits per heavy atom. The Bertz CT molecular complexity index is 205. The van der Waals surface area contributed by atoms with Crippen molar-refractivity contribution in [3.63, 3.8) is 0 Å². The van der Waals surface area contributed by atoms with Crippen LogP contribution in [0.4, 0.5) is 0 Å². The molecule has 2 N–H and O–H groups in total. The van der Waals surface area contributed by atoms with Crippen molar-refractivity contribution in [1.29, 1.82) is 0 Å². The minimum Gasteiger partial charge on any atom is -0.383 e. The average Bonchev–Trinajstić information content (AvgIpc) is 2.30. The van der Waals surface area contributed by atoms with E-state index in [2.05, 4.69) is 10.6 Å². The molecular formula is C11H22N2O3. The Balaban J connectivity index is 2.16. The zero-order valence-corrected chi connectivity index (χ0v) is 10.1. The molecule has 0 radical (unpaired) electrons. The van der Waals surface area contributed by atoms with Gasteiger partial charge in [-0.05, 0) is 19.8 Å². The Kier molecular flexibility index (Phi) is 6.37. The summed E-state index contributed by atoms with van der Waals surface area (Å²) in [5.41, 5.74) is 0. The number of carbonyl (C=O) groups is 1. The lowest BCUT2D eigenvalue weighted by Gasteiger charge is -2.26. The molecule has 5 heteroatoms. The molecule has 0 aliphatic carbocycles. The van der Waals surface area contributed by atoms with Crippen molar-refractivity contribution < 1.29 is 14.3 Å². The number of rotatable bonds is 6. The number of amides is 1. The normalized spacial score (nSPS) is 22.8. The van der Waals surface area contributed by atoms with Crippen LogP contribution in [0, 0.1) is 0 Å². The van der Waals surface area contributed by atoms with Crippen molar-refractivity contribution in [1.82, 2.24) is 10.6 Å². The molecule has 1 saturated heterocycles. The predicted octanol–water partition coefficient (Wildman–Crippen LogP) is -0.0939. The van der Waals surface area contributed by atoms with Crippen LogP contribution in [0.5, 0.6) is 0 Å². The Morgan fingerprint density at radius 1 is 1.62 bits per heavy atom. The number of methoxy groups -OCH3 is 1. The molecule has 1 aliphatic rings. The number of hydrogen-bond donors (Lipinski definition) is 2. The van der Waals surface area contributed by atoms with E-state index >= 15 is 0 Å². The number of hydrogen-bond acceptors (Lipinski definition) is 4. The van der Waals surface area contributed by atoms with Crippen LogP contribution >= 0.6 is 0 Å². The van der Waals surface area contributed by atoms with Gasteiger partial charge in [-0.3, -0.25) is 4.79 Å². The summed E-state index contributed by atoms with van der Waals surface area (Å²) in [6, 6.07) is 0.125. The van der Waals surface area contributed by atoms with Crippen molar-refractivity contribution in [3.8, 4) is 0 Å². The van der Waals surface area contributed by atoms with Gasteiger partial charge in [0.05, 0.1) is 19.3 Å².